The van der Waals surface area contributed by atoms with E-state index in [0.29, 0.717) is 0 Å². The van der Waals surface area contributed by atoms with Crippen molar-refractivity contribution in [1.82, 2.24) is 4.98 Å². The first kappa shape index (κ1) is 8.10. The van der Waals surface area contributed by atoms with E-state index in [0.717, 1.165) is 33.5 Å². The number of rotatable bonds is 0. The number of nitrogens with two attached hydrogens (primary N) is 1. The number of oxazole rings is 1. The molecule has 2 aromatic rings. The summed E-state index contributed by atoms with van der Waals surface area (Å²) in [5.74, 6) is 0. The molecular formula is C10H12N2O. The lowest BCUT2D eigenvalue weighted by Crippen LogP contribution is -1.97. The second-order valence-electron chi connectivity index (χ2n) is 3.32. The van der Waals surface area contributed by atoms with Crippen LogP contribution in [-0.4, -0.2) is 4.98 Å². The standard InChI is InChI=1S/C10H12N2O/c1-5-6(2)9-10(13-4-12-9)7(3)8(5)11/h4H,11H2,1-3H3. The molecule has 0 aliphatic carbocycles. The maximum Gasteiger partial charge on any atom is 0.182 e. The second kappa shape index (κ2) is 2.49. The Bertz CT molecular complexity index is 429. The van der Waals surface area contributed by atoms with E-state index in [4.69, 9.17) is 10.2 Å². The minimum absolute atomic E-state index is 0.806. The minimum atomic E-state index is 0.806. The summed E-state index contributed by atoms with van der Waals surface area (Å²) >= 11 is 0. The third-order valence-electron chi connectivity index (χ3n) is 2.63. The zero-order chi connectivity index (χ0) is 9.59. The summed E-state index contributed by atoms with van der Waals surface area (Å²) in [4.78, 5) is 4.16. The lowest BCUT2D eigenvalue weighted by molar-refractivity contribution is 0.600. The first-order valence-electron chi connectivity index (χ1n) is 4.21. The van der Waals surface area contributed by atoms with E-state index in [1.807, 2.05) is 20.8 Å². The molecule has 0 bridgehead atoms. The molecule has 0 fully saturated rings. The molecule has 1 aromatic heterocycles. The lowest BCUT2D eigenvalue weighted by atomic mass is 10.0. The fourth-order valence-electron chi connectivity index (χ4n) is 1.56. The highest BCUT2D eigenvalue weighted by Crippen LogP contribution is 2.29. The summed E-state index contributed by atoms with van der Waals surface area (Å²) in [7, 11) is 0. The van der Waals surface area contributed by atoms with Crippen LogP contribution in [0.15, 0.2) is 10.8 Å². The fraction of sp³-hybridized carbons (Fsp3) is 0.300. The molecule has 0 aliphatic rings. The molecule has 3 nitrogen and oxygen atoms in total. The van der Waals surface area contributed by atoms with Crippen LogP contribution in [0.1, 0.15) is 16.7 Å². The summed E-state index contributed by atoms with van der Waals surface area (Å²) in [5.41, 5.74) is 11.6. The number of nitrogen functional groups attached to an aromatic ring is 1. The summed E-state index contributed by atoms with van der Waals surface area (Å²) in [6.07, 6.45) is 1.46. The Hall–Kier alpha value is -1.51. The van der Waals surface area contributed by atoms with E-state index in [9.17, 15) is 0 Å². The predicted molar refractivity (Wildman–Crippen MR) is 52.6 cm³/mol. The molecule has 0 radical (unpaired) electrons. The van der Waals surface area contributed by atoms with Crippen molar-refractivity contribution in [3.63, 3.8) is 0 Å². The Labute approximate surface area is 76.6 Å². The number of aryl methyl sites for hydroxylation is 2. The summed E-state index contributed by atoms with van der Waals surface area (Å²) < 4.78 is 5.27. The zero-order valence-corrected chi connectivity index (χ0v) is 8.01. The van der Waals surface area contributed by atoms with Gasteiger partial charge in [0.15, 0.2) is 12.0 Å². The highest BCUT2D eigenvalue weighted by atomic mass is 16.3. The van der Waals surface area contributed by atoms with Gasteiger partial charge >= 0.3 is 0 Å². The quantitative estimate of drug-likeness (QED) is 0.627. The van der Waals surface area contributed by atoms with E-state index < -0.39 is 0 Å². The van der Waals surface area contributed by atoms with Crippen LogP contribution in [0.25, 0.3) is 11.1 Å². The Balaban J connectivity index is 3.02. The van der Waals surface area contributed by atoms with Gasteiger partial charge in [-0.05, 0) is 31.9 Å². The predicted octanol–water partition coefficient (Wildman–Crippen LogP) is 2.34. The molecule has 0 spiro atoms. The number of benzene rings is 1. The molecular weight excluding hydrogens is 164 g/mol. The van der Waals surface area contributed by atoms with Crippen LogP contribution in [-0.2, 0) is 0 Å². The van der Waals surface area contributed by atoms with Gasteiger partial charge in [0.1, 0.15) is 5.52 Å². The van der Waals surface area contributed by atoms with Gasteiger partial charge in [-0.1, -0.05) is 0 Å². The average molecular weight is 176 g/mol. The Kier molecular flexibility index (Phi) is 1.55. The number of hydrogen-bond acceptors (Lipinski definition) is 3. The van der Waals surface area contributed by atoms with Crippen molar-refractivity contribution in [2.45, 2.75) is 20.8 Å². The molecule has 0 aliphatic heterocycles. The van der Waals surface area contributed by atoms with Gasteiger partial charge in [0, 0.05) is 11.3 Å². The molecule has 2 N–H and O–H groups in total. The molecule has 0 unspecified atom stereocenters. The minimum Gasteiger partial charge on any atom is -0.443 e. The number of anilines is 1. The molecule has 1 heterocycles. The Morgan fingerprint density at radius 3 is 2.54 bits per heavy atom. The topological polar surface area (TPSA) is 52.0 Å². The van der Waals surface area contributed by atoms with E-state index >= 15 is 0 Å². The van der Waals surface area contributed by atoms with Gasteiger partial charge in [-0.25, -0.2) is 4.98 Å². The smallest absolute Gasteiger partial charge is 0.182 e. The van der Waals surface area contributed by atoms with E-state index in [1.54, 1.807) is 0 Å². The summed E-state index contributed by atoms with van der Waals surface area (Å²) in [5, 5.41) is 0. The van der Waals surface area contributed by atoms with Crippen LogP contribution in [0.4, 0.5) is 5.69 Å². The van der Waals surface area contributed by atoms with Crippen molar-refractivity contribution >= 4 is 16.8 Å². The van der Waals surface area contributed by atoms with Crippen molar-refractivity contribution < 1.29 is 4.42 Å². The molecule has 3 heteroatoms. The van der Waals surface area contributed by atoms with Crippen LogP contribution in [0.5, 0.6) is 0 Å². The van der Waals surface area contributed by atoms with Crippen LogP contribution in [0.2, 0.25) is 0 Å². The Morgan fingerprint density at radius 2 is 1.85 bits per heavy atom. The first-order chi connectivity index (χ1) is 6.13. The monoisotopic (exact) mass is 176 g/mol. The summed E-state index contributed by atoms with van der Waals surface area (Å²) in [6, 6.07) is 0. The molecule has 68 valence electrons. The van der Waals surface area contributed by atoms with Gasteiger partial charge in [0.05, 0.1) is 0 Å². The molecule has 0 saturated heterocycles. The van der Waals surface area contributed by atoms with Gasteiger partial charge in [-0.3, -0.25) is 0 Å². The molecule has 13 heavy (non-hydrogen) atoms. The molecule has 2 rings (SSSR count). The van der Waals surface area contributed by atoms with Crippen LogP contribution >= 0.6 is 0 Å². The van der Waals surface area contributed by atoms with E-state index in [2.05, 4.69) is 4.98 Å². The highest BCUT2D eigenvalue weighted by Gasteiger charge is 2.12. The number of hydrogen-bond donors (Lipinski definition) is 1. The van der Waals surface area contributed by atoms with Crippen molar-refractivity contribution in [3.05, 3.63) is 23.1 Å². The number of aromatic nitrogens is 1. The molecule has 0 amide bonds. The fourth-order valence-corrected chi connectivity index (χ4v) is 1.56. The van der Waals surface area contributed by atoms with Gasteiger partial charge < -0.3 is 10.2 Å². The first-order valence-corrected chi connectivity index (χ1v) is 4.21. The molecule has 0 saturated carbocycles. The van der Waals surface area contributed by atoms with Crippen molar-refractivity contribution in [2.75, 3.05) is 5.73 Å². The number of fused-ring (bicyclic) bond motifs is 1. The second-order valence-corrected chi connectivity index (χ2v) is 3.32. The van der Waals surface area contributed by atoms with Crippen molar-refractivity contribution in [3.8, 4) is 0 Å². The third kappa shape index (κ3) is 0.932. The molecule has 1 aromatic carbocycles. The third-order valence-corrected chi connectivity index (χ3v) is 2.63. The van der Waals surface area contributed by atoms with Crippen LogP contribution in [0.3, 0.4) is 0 Å². The molecule has 0 atom stereocenters. The van der Waals surface area contributed by atoms with Crippen molar-refractivity contribution in [1.29, 1.82) is 0 Å². The normalized spacial score (nSPS) is 11.0. The average Bonchev–Trinajstić information content (AvgIpc) is 2.59. The van der Waals surface area contributed by atoms with Gasteiger partial charge in [0.2, 0.25) is 0 Å². The van der Waals surface area contributed by atoms with Crippen LogP contribution < -0.4 is 5.73 Å². The summed E-state index contributed by atoms with van der Waals surface area (Å²) in [6.45, 7) is 5.97. The maximum absolute atomic E-state index is 5.92. The SMILES string of the molecule is Cc1c(N)c(C)c2ocnc2c1C. The largest absolute Gasteiger partial charge is 0.443 e. The van der Waals surface area contributed by atoms with E-state index in [-0.39, 0.29) is 0 Å². The van der Waals surface area contributed by atoms with Gasteiger partial charge in [-0.2, -0.15) is 0 Å². The Morgan fingerprint density at radius 1 is 1.15 bits per heavy atom. The maximum atomic E-state index is 5.92. The highest BCUT2D eigenvalue weighted by molar-refractivity contribution is 5.86. The van der Waals surface area contributed by atoms with E-state index in [1.165, 1.54) is 6.39 Å². The lowest BCUT2D eigenvalue weighted by Gasteiger charge is -2.07. The zero-order valence-electron chi connectivity index (χ0n) is 8.01. The van der Waals surface area contributed by atoms with Gasteiger partial charge in [0.25, 0.3) is 0 Å². The number of nitrogens with zero attached hydrogens (tertiary/aromatic N) is 1. The van der Waals surface area contributed by atoms with Crippen molar-refractivity contribution in [2.24, 2.45) is 0 Å². The van der Waals surface area contributed by atoms with Crippen LogP contribution in [0, 0.1) is 20.8 Å². The van der Waals surface area contributed by atoms with Gasteiger partial charge in [-0.15, -0.1) is 0 Å².